The summed E-state index contributed by atoms with van der Waals surface area (Å²) in [6.45, 7) is 0. The Bertz CT molecular complexity index is 449. The van der Waals surface area contributed by atoms with Crippen molar-refractivity contribution in [1.82, 2.24) is 0 Å². The average molecular weight is 296 g/mol. The van der Waals surface area contributed by atoms with E-state index in [1.807, 2.05) is 6.07 Å². The van der Waals surface area contributed by atoms with Crippen LogP contribution >= 0.6 is 27.5 Å². The van der Waals surface area contributed by atoms with Crippen molar-refractivity contribution in [3.8, 4) is 0 Å². The quantitative estimate of drug-likeness (QED) is 0.798. The Morgan fingerprint density at radius 1 is 1.36 bits per heavy atom. The van der Waals surface area contributed by atoms with Crippen LogP contribution in [-0.2, 0) is 9.84 Å². The zero-order valence-electron chi connectivity index (χ0n) is 7.20. The van der Waals surface area contributed by atoms with E-state index in [0.717, 1.165) is 10.0 Å². The molecule has 0 spiro atoms. The van der Waals surface area contributed by atoms with Crippen LogP contribution in [0.1, 0.15) is 17.2 Å². The van der Waals surface area contributed by atoms with Crippen molar-refractivity contribution in [2.75, 3.05) is 5.75 Å². The van der Waals surface area contributed by atoms with Crippen molar-refractivity contribution in [3.63, 3.8) is 0 Å². The zero-order valence-corrected chi connectivity index (χ0v) is 10.4. The highest BCUT2D eigenvalue weighted by Gasteiger charge is 2.36. The highest BCUT2D eigenvalue weighted by molar-refractivity contribution is 9.10. The van der Waals surface area contributed by atoms with E-state index >= 15 is 0 Å². The first-order chi connectivity index (χ1) is 6.49. The molecule has 1 atom stereocenters. The van der Waals surface area contributed by atoms with Gasteiger partial charge in [-0.3, -0.25) is 0 Å². The third-order valence-corrected chi connectivity index (χ3v) is 5.21. The summed E-state index contributed by atoms with van der Waals surface area (Å²) in [5.41, 5.74) is 0.788. The summed E-state index contributed by atoms with van der Waals surface area (Å²) in [6.07, 6.45) is 0.703. The second-order valence-electron chi connectivity index (χ2n) is 3.35. The first-order valence-corrected chi connectivity index (χ1v) is 7.05. The number of hydrogen-bond donors (Lipinski definition) is 0. The Balaban J connectivity index is 2.43. The Hall–Kier alpha value is -0.0600. The predicted octanol–water partition coefficient (Wildman–Crippen LogP) is 2.96. The average Bonchev–Trinajstić information content (AvgIpc) is 2.00. The maximum absolute atomic E-state index is 11.4. The van der Waals surface area contributed by atoms with Gasteiger partial charge >= 0.3 is 0 Å². The predicted molar refractivity (Wildman–Crippen MR) is 60.3 cm³/mol. The van der Waals surface area contributed by atoms with Gasteiger partial charge in [0.2, 0.25) is 0 Å². The van der Waals surface area contributed by atoms with E-state index in [4.69, 9.17) is 11.6 Å². The molecule has 1 saturated heterocycles. The second-order valence-corrected chi connectivity index (χ2v) is 7.00. The van der Waals surface area contributed by atoms with E-state index in [-0.39, 0.29) is 5.25 Å². The van der Waals surface area contributed by atoms with Gasteiger partial charge in [-0.1, -0.05) is 27.5 Å². The standard InChI is InChI=1S/C9H8BrClO2S/c10-7-3-6(4-8(11)5-7)9-1-2-14(9,12)13/h3-5,9H,1-2H2. The molecule has 0 amide bonds. The van der Waals surface area contributed by atoms with Crippen molar-refractivity contribution < 1.29 is 8.42 Å². The minimum absolute atomic E-state index is 0.293. The first kappa shape index (κ1) is 10.5. The normalized spacial score (nSPS) is 24.3. The van der Waals surface area contributed by atoms with E-state index in [1.165, 1.54) is 0 Å². The summed E-state index contributed by atoms with van der Waals surface area (Å²) in [4.78, 5) is 0. The lowest BCUT2D eigenvalue weighted by Crippen LogP contribution is -2.28. The third-order valence-electron chi connectivity index (χ3n) is 2.35. The van der Waals surface area contributed by atoms with E-state index < -0.39 is 9.84 Å². The number of rotatable bonds is 1. The molecule has 14 heavy (non-hydrogen) atoms. The Kier molecular flexibility index (Phi) is 2.62. The molecule has 1 aliphatic heterocycles. The first-order valence-electron chi connectivity index (χ1n) is 4.16. The summed E-state index contributed by atoms with van der Waals surface area (Å²) >= 11 is 9.14. The van der Waals surface area contributed by atoms with Gasteiger partial charge in [0.1, 0.15) is 0 Å². The molecule has 0 saturated carbocycles. The molecule has 0 aromatic heterocycles. The monoisotopic (exact) mass is 294 g/mol. The number of sulfone groups is 1. The highest BCUT2D eigenvalue weighted by atomic mass is 79.9. The lowest BCUT2D eigenvalue weighted by atomic mass is 10.1. The van der Waals surface area contributed by atoms with E-state index in [2.05, 4.69) is 15.9 Å². The maximum Gasteiger partial charge on any atom is 0.157 e. The van der Waals surface area contributed by atoms with Crippen LogP contribution in [0.2, 0.25) is 5.02 Å². The smallest absolute Gasteiger partial charge is 0.157 e. The Morgan fingerprint density at radius 2 is 2.07 bits per heavy atom. The van der Waals surface area contributed by atoms with Crippen LogP contribution in [0.25, 0.3) is 0 Å². The van der Waals surface area contributed by atoms with Crippen LogP contribution in [0, 0.1) is 0 Å². The molecule has 76 valence electrons. The van der Waals surface area contributed by atoms with Gasteiger partial charge in [0, 0.05) is 9.50 Å². The van der Waals surface area contributed by atoms with Gasteiger partial charge < -0.3 is 0 Å². The molecule has 1 fully saturated rings. The topological polar surface area (TPSA) is 34.1 Å². The Morgan fingerprint density at radius 3 is 2.50 bits per heavy atom. The van der Waals surface area contributed by atoms with E-state index in [0.29, 0.717) is 17.2 Å². The SMILES string of the molecule is O=S1(=O)CCC1c1cc(Cl)cc(Br)c1. The largest absolute Gasteiger partial charge is 0.228 e. The van der Waals surface area contributed by atoms with E-state index in [1.54, 1.807) is 12.1 Å². The van der Waals surface area contributed by atoms with Crippen molar-refractivity contribution >= 4 is 37.4 Å². The lowest BCUT2D eigenvalue weighted by molar-refractivity contribution is 0.553. The molecular weight excluding hydrogens is 288 g/mol. The summed E-state index contributed by atoms with van der Waals surface area (Å²) < 4.78 is 23.6. The van der Waals surface area contributed by atoms with Gasteiger partial charge in [-0.2, -0.15) is 0 Å². The van der Waals surface area contributed by atoms with E-state index in [9.17, 15) is 8.42 Å². The van der Waals surface area contributed by atoms with Gasteiger partial charge in [-0.05, 0) is 30.2 Å². The molecule has 0 radical (unpaired) electrons. The van der Waals surface area contributed by atoms with Gasteiger partial charge in [-0.15, -0.1) is 0 Å². The number of hydrogen-bond acceptors (Lipinski definition) is 2. The highest BCUT2D eigenvalue weighted by Crippen LogP contribution is 2.38. The fourth-order valence-corrected chi connectivity index (χ4v) is 3.86. The van der Waals surface area contributed by atoms with Crippen LogP contribution in [0.15, 0.2) is 22.7 Å². The molecule has 5 heteroatoms. The number of halogens is 2. The van der Waals surface area contributed by atoms with Crippen molar-refractivity contribution in [2.24, 2.45) is 0 Å². The van der Waals surface area contributed by atoms with Crippen LogP contribution < -0.4 is 0 Å². The van der Waals surface area contributed by atoms with Gasteiger partial charge in [0.15, 0.2) is 9.84 Å². The molecule has 2 rings (SSSR count). The molecular formula is C9H8BrClO2S. The molecule has 1 aromatic carbocycles. The summed E-state index contributed by atoms with van der Waals surface area (Å²) in [5.74, 6) is 0.293. The molecule has 1 aromatic rings. The summed E-state index contributed by atoms with van der Waals surface area (Å²) in [6, 6.07) is 5.28. The fourth-order valence-electron chi connectivity index (χ4n) is 1.56. The van der Waals surface area contributed by atoms with Gasteiger partial charge in [-0.25, -0.2) is 8.42 Å². The van der Waals surface area contributed by atoms with Crippen LogP contribution in [0.3, 0.4) is 0 Å². The minimum Gasteiger partial charge on any atom is -0.228 e. The molecule has 1 heterocycles. The van der Waals surface area contributed by atoms with Crippen molar-refractivity contribution in [3.05, 3.63) is 33.3 Å². The molecule has 0 aliphatic carbocycles. The molecule has 0 N–H and O–H groups in total. The molecule has 0 bridgehead atoms. The van der Waals surface area contributed by atoms with Crippen molar-refractivity contribution in [1.29, 1.82) is 0 Å². The third kappa shape index (κ3) is 1.83. The fraction of sp³-hybridized carbons (Fsp3) is 0.333. The second kappa shape index (κ2) is 3.51. The summed E-state index contributed by atoms with van der Waals surface area (Å²) in [7, 11) is -2.89. The Labute approximate surface area is 96.3 Å². The molecule has 1 unspecified atom stereocenters. The number of benzene rings is 1. The lowest BCUT2D eigenvalue weighted by Gasteiger charge is -2.26. The minimum atomic E-state index is -2.89. The zero-order chi connectivity index (χ0) is 10.3. The summed E-state index contributed by atoms with van der Waals surface area (Å²) in [5, 5.41) is 0.217. The van der Waals surface area contributed by atoms with Gasteiger partial charge in [0.25, 0.3) is 0 Å². The molecule has 2 nitrogen and oxygen atoms in total. The van der Waals surface area contributed by atoms with Crippen LogP contribution in [0.5, 0.6) is 0 Å². The van der Waals surface area contributed by atoms with Crippen LogP contribution in [-0.4, -0.2) is 14.2 Å². The maximum atomic E-state index is 11.4. The molecule has 1 aliphatic rings. The van der Waals surface area contributed by atoms with Gasteiger partial charge in [0.05, 0.1) is 11.0 Å². The van der Waals surface area contributed by atoms with Crippen molar-refractivity contribution in [2.45, 2.75) is 11.7 Å². The van der Waals surface area contributed by atoms with Crippen LogP contribution in [0.4, 0.5) is 0 Å².